The van der Waals surface area contributed by atoms with Crippen LogP contribution >= 0.6 is 0 Å². The molecular formula is C31H27N3O2. The first-order valence-electron chi connectivity index (χ1n) is 11.9. The predicted molar refractivity (Wildman–Crippen MR) is 148 cm³/mol. The van der Waals surface area contributed by atoms with E-state index in [0.29, 0.717) is 5.56 Å². The summed E-state index contributed by atoms with van der Waals surface area (Å²) in [6.07, 6.45) is 8.22. The van der Waals surface area contributed by atoms with E-state index in [9.17, 15) is 4.79 Å². The Bertz CT molecular complexity index is 1510. The zero-order chi connectivity index (χ0) is 25.1. The van der Waals surface area contributed by atoms with Gasteiger partial charge in [0.25, 0.3) is 0 Å². The Hall–Kier alpha value is -4.64. The molecule has 0 amide bonds. The number of ether oxygens (including phenoxy) is 1. The van der Waals surface area contributed by atoms with Crippen molar-refractivity contribution in [2.45, 2.75) is 13.8 Å². The van der Waals surface area contributed by atoms with Crippen LogP contribution in [-0.4, -0.2) is 28.0 Å². The Morgan fingerprint density at radius 3 is 2.06 bits per heavy atom. The molecule has 0 fully saturated rings. The highest BCUT2D eigenvalue weighted by Gasteiger charge is 2.17. The maximum atomic E-state index is 12.0. The number of benzene rings is 3. The van der Waals surface area contributed by atoms with Crippen LogP contribution in [-0.2, 0) is 4.74 Å². The number of H-pyrrole nitrogens is 2. The molecular weight excluding hydrogens is 446 g/mol. The Morgan fingerprint density at radius 1 is 0.806 bits per heavy atom. The number of hydrogen-bond acceptors (Lipinski definition) is 3. The molecule has 36 heavy (non-hydrogen) atoms. The molecule has 0 atom stereocenters. The van der Waals surface area contributed by atoms with E-state index >= 15 is 0 Å². The molecule has 0 radical (unpaired) electrons. The molecule has 178 valence electrons. The second-order valence-electron chi connectivity index (χ2n) is 8.53. The molecule has 0 bridgehead atoms. The lowest BCUT2D eigenvalue weighted by Gasteiger charge is -2.05. The average Bonchev–Trinajstić information content (AvgIpc) is 3.54. The quantitative estimate of drug-likeness (QED) is 0.248. The van der Waals surface area contributed by atoms with E-state index in [-0.39, 0.29) is 5.97 Å². The van der Waals surface area contributed by atoms with E-state index in [1.807, 2.05) is 38.1 Å². The van der Waals surface area contributed by atoms with Crippen LogP contribution < -0.4 is 0 Å². The third-order valence-electron chi connectivity index (χ3n) is 6.10. The lowest BCUT2D eigenvalue weighted by Crippen LogP contribution is -2.00. The molecule has 3 aromatic carbocycles. The molecule has 5 aromatic rings. The minimum Gasteiger partial charge on any atom is -0.465 e. The Kier molecular flexibility index (Phi) is 6.37. The monoisotopic (exact) mass is 473 g/mol. The molecule has 5 rings (SSSR count). The SMILES string of the molecule is C/C=C/c1ccc(-c2nc(-c3cc4ccc(C(=O)OC)cc4[nH]3)[nH]c2-c2ccc(/C=C/C)cc2)cc1. The fourth-order valence-corrected chi connectivity index (χ4v) is 4.32. The van der Waals surface area contributed by atoms with Crippen LogP contribution in [0, 0.1) is 0 Å². The van der Waals surface area contributed by atoms with Crippen molar-refractivity contribution in [1.29, 1.82) is 0 Å². The number of esters is 1. The van der Waals surface area contributed by atoms with E-state index in [1.54, 1.807) is 12.1 Å². The zero-order valence-corrected chi connectivity index (χ0v) is 20.5. The second-order valence-corrected chi connectivity index (χ2v) is 8.53. The number of allylic oxidation sites excluding steroid dienone is 2. The van der Waals surface area contributed by atoms with E-state index in [4.69, 9.17) is 9.72 Å². The minimum atomic E-state index is -0.363. The summed E-state index contributed by atoms with van der Waals surface area (Å²) in [4.78, 5) is 23.9. The first kappa shape index (κ1) is 23.1. The van der Waals surface area contributed by atoms with Gasteiger partial charge >= 0.3 is 5.97 Å². The lowest BCUT2D eigenvalue weighted by molar-refractivity contribution is 0.0601. The van der Waals surface area contributed by atoms with Crippen molar-refractivity contribution in [1.82, 2.24) is 15.0 Å². The fourth-order valence-electron chi connectivity index (χ4n) is 4.32. The topological polar surface area (TPSA) is 70.8 Å². The van der Waals surface area contributed by atoms with Gasteiger partial charge in [0.05, 0.1) is 29.8 Å². The van der Waals surface area contributed by atoms with Crippen molar-refractivity contribution in [2.75, 3.05) is 7.11 Å². The van der Waals surface area contributed by atoms with E-state index in [1.165, 1.54) is 7.11 Å². The summed E-state index contributed by atoms with van der Waals surface area (Å²) in [5.74, 6) is 0.365. The van der Waals surface area contributed by atoms with Crippen molar-refractivity contribution in [3.8, 4) is 34.0 Å². The van der Waals surface area contributed by atoms with E-state index < -0.39 is 0 Å². The normalized spacial score (nSPS) is 11.6. The molecule has 0 aliphatic carbocycles. The molecule has 2 aromatic heterocycles. The number of imidazole rings is 1. The van der Waals surface area contributed by atoms with Gasteiger partial charge in [0.1, 0.15) is 0 Å². The van der Waals surface area contributed by atoms with Gasteiger partial charge in [0.15, 0.2) is 5.82 Å². The number of fused-ring (bicyclic) bond motifs is 1. The summed E-state index contributed by atoms with van der Waals surface area (Å²) in [6.45, 7) is 4.02. The first-order chi connectivity index (χ1) is 17.6. The molecule has 0 unspecified atom stereocenters. The summed E-state index contributed by atoms with van der Waals surface area (Å²) in [5.41, 5.74) is 8.40. The molecule has 0 aliphatic heterocycles. The summed E-state index contributed by atoms with van der Waals surface area (Å²) >= 11 is 0. The average molecular weight is 474 g/mol. The van der Waals surface area contributed by atoms with Gasteiger partial charge < -0.3 is 14.7 Å². The Labute approximate surface area is 210 Å². The Morgan fingerprint density at radius 2 is 1.44 bits per heavy atom. The predicted octanol–water partition coefficient (Wildman–Crippen LogP) is 7.74. The lowest BCUT2D eigenvalue weighted by atomic mass is 10.0. The number of methoxy groups -OCH3 is 1. The molecule has 2 heterocycles. The van der Waals surface area contributed by atoms with Gasteiger partial charge in [-0.2, -0.15) is 0 Å². The molecule has 0 aliphatic rings. The van der Waals surface area contributed by atoms with Crippen LogP contribution in [0.3, 0.4) is 0 Å². The second kappa shape index (κ2) is 9.92. The molecule has 5 nitrogen and oxygen atoms in total. The van der Waals surface area contributed by atoms with Crippen LogP contribution in [0.25, 0.3) is 57.1 Å². The number of nitrogens with zero attached hydrogens (tertiary/aromatic N) is 1. The van der Waals surface area contributed by atoms with Crippen LogP contribution in [0.4, 0.5) is 0 Å². The standard InChI is InChI=1S/C31H27N3O2/c1-4-6-20-8-12-22(13-9-20)28-29(23-14-10-21(7-5-2)11-15-23)34-30(33-28)27-18-24-16-17-25(31(35)36-3)19-26(24)32-27/h4-19,32H,1-3H3,(H,33,34)/b6-4+,7-5+. The molecule has 2 N–H and O–H groups in total. The summed E-state index contributed by atoms with van der Waals surface area (Å²) < 4.78 is 4.86. The maximum absolute atomic E-state index is 12.0. The number of carbonyl (C=O) groups is 1. The number of rotatable bonds is 6. The van der Waals surface area contributed by atoms with Gasteiger partial charge in [-0.3, -0.25) is 0 Å². The summed E-state index contributed by atoms with van der Waals surface area (Å²) in [6, 6.07) is 24.3. The minimum absolute atomic E-state index is 0.363. The third kappa shape index (κ3) is 4.51. The van der Waals surface area contributed by atoms with Crippen molar-refractivity contribution in [3.63, 3.8) is 0 Å². The van der Waals surface area contributed by atoms with Gasteiger partial charge in [-0.25, -0.2) is 9.78 Å². The molecule has 0 spiro atoms. The van der Waals surface area contributed by atoms with Crippen molar-refractivity contribution >= 4 is 29.0 Å². The van der Waals surface area contributed by atoms with Gasteiger partial charge in [-0.15, -0.1) is 0 Å². The van der Waals surface area contributed by atoms with Crippen LogP contribution in [0.15, 0.2) is 84.9 Å². The number of aromatic nitrogens is 3. The first-order valence-corrected chi connectivity index (χ1v) is 11.9. The zero-order valence-electron chi connectivity index (χ0n) is 20.5. The molecule has 5 heteroatoms. The summed E-state index contributed by atoms with van der Waals surface area (Å²) in [7, 11) is 1.38. The van der Waals surface area contributed by atoms with Gasteiger partial charge in [0.2, 0.25) is 0 Å². The van der Waals surface area contributed by atoms with Crippen LogP contribution in [0.2, 0.25) is 0 Å². The molecule has 0 saturated carbocycles. The van der Waals surface area contributed by atoms with Crippen molar-refractivity contribution in [3.05, 3.63) is 102 Å². The summed E-state index contributed by atoms with van der Waals surface area (Å²) in [5, 5.41) is 0.989. The van der Waals surface area contributed by atoms with Crippen LogP contribution in [0.5, 0.6) is 0 Å². The largest absolute Gasteiger partial charge is 0.465 e. The number of hydrogen-bond donors (Lipinski definition) is 2. The molecule has 0 saturated heterocycles. The van der Waals surface area contributed by atoms with Crippen molar-refractivity contribution < 1.29 is 9.53 Å². The van der Waals surface area contributed by atoms with E-state index in [2.05, 4.69) is 70.7 Å². The smallest absolute Gasteiger partial charge is 0.337 e. The highest BCUT2D eigenvalue weighted by Crippen LogP contribution is 2.34. The van der Waals surface area contributed by atoms with Crippen molar-refractivity contribution in [2.24, 2.45) is 0 Å². The van der Waals surface area contributed by atoms with Gasteiger partial charge in [-0.05, 0) is 43.2 Å². The van der Waals surface area contributed by atoms with Gasteiger partial charge in [-0.1, -0.05) is 78.9 Å². The number of aromatic amines is 2. The highest BCUT2D eigenvalue weighted by molar-refractivity contribution is 5.96. The number of nitrogens with one attached hydrogen (secondary N) is 2. The van der Waals surface area contributed by atoms with Gasteiger partial charge in [0, 0.05) is 22.0 Å². The Balaban J connectivity index is 1.62. The van der Waals surface area contributed by atoms with E-state index in [0.717, 1.165) is 56.1 Å². The highest BCUT2D eigenvalue weighted by atomic mass is 16.5. The number of carbonyl (C=O) groups excluding carboxylic acids is 1. The fraction of sp³-hybridized carbons (Fsp3) is 0.0968. The third-order valence-corrected chi connectivity index (χ3v) is 6.10. The van der Waals surface area contributed by atoms with Crippen LogP contribution in [0.1, 0.15) is 35.3 Å². The maximum Gasteiger partial charge on any atom is 0.337 e.